The molecule has 4 rings (SSSR count). The average Bonchev–Trinajstić information content (AvgIpc) is 3.10. The Labute approximate surface area is 164 Å². The van der Waals surface area contributed by atoms with Crippen molar-refractivity contribution in [2.45, 2.75) is 5.92 Å². The SMILES string of the molecule is N#CC1=C(N)Oc2n[nH]c(-c3cccc([N+](=O)[O-])c3)c2C1c1cccc(Cl)c1. The molecule has 0 saturated carbocycles. The van der Waals surface area contributed by atoms with E-state index < -0.39 is 10.8 Å². The van der Waals surface area contributed by atoms with Crippen LogP contribution in [0.1, 0.15) is 17.0 Å². The third-order valence-electron chi connectivity index (χ3n) is 4.47. The molecule has 0 saturated heterocycles. The van der Waals surface area contributed by atoms with E-state index in [9.17, 15) is 15.4 Å². The molecule has 3 aromatic rings. The Bertz CT molecular complexity index is 1180. The van der Waals surface area contributed by atoms with Crippen molar-refractivity contribution in [2.24, 2.45) is 5.73 Å². The van der Waals surface area contributed by atoms with Crippen LogP contribution in [0, 0.1) is 21.4 Å². The number of aromatic nitrogens is 2. The topological polar surface area (TPSA) is 131 Å². The second-order valence-electron chi connectivity index (χ2n) is 6.10. The number of hydrogen-bond donors (Lipinski definition) is 2. The second-order valence-corrected chi connectivity index (χ2v) is 6.54. The third-order valence-corrected chi connectivity index (χ3v) is 4.70. The predicted octanol–water partition coefficient (Wildman–Crippen LogP) is 3.86. The number of halogens is 1. The lowest BCUT2D eigenvalue weighted by Crippen LogP contribution is -2.21. The molecule has 1 aliphatic rings. The summed E-state index contributed by atoms with van der Waals surface area (Å²) in [6.07, 6.45) is 0. The standard InChI is InChI=1S/C19H12ClN5O3/c20-12-5-1-3-10(7-12)15-14(9-21)18(22)28-19-16(15)17(23-24-19)11-4-2-6-13(8-11)25(26)27/h1-8,15H,22H2,(H,23,24). The normalized spacial score (nSPS) is 15.5. The molecule has 8 nitrogen and oxygen atoms in total. The number of H-pyrrole nitrogens is 1. The van der Waals surface area contributed by atoms with Crippen LogP contribution in [0.3, 0.4) is 0 Å². The van der Waals surface area contributed by atoms with Gasteiger partial charge >= 0.3 is 0 Å². The summed E-state index contributed by atoms with van der Waals surface area (Å²) in [5, 5.41) is 28.3. The van der Waals surface area contributed by atoms with Gasteiger partial charge in [-0.1, -0.05) is 35.9 Å². The molecular weight excluding hydrogens is 382 g/mol. The monoisotopic (exact) mass is 393 g/mol. The van der Waals surface area contributed by atoms with Crippen molar-refractivity contribution in [3.05, 3.63) is 86.3 Å². The number of rotatable bonds is 3. The number of aromatic amines is 1. The number of fused-ring (bicyclic) bond motifs is 1. The highest BCUT2D eigenvalue weighted by Gasteiger charge is 2.35. The minimum Gasteiger partial charge on any atom is -0.420 e. The maximum atomic E-state index is 11.1. The van der Waals surface area contributed by atoms with Crippen LogP contribution in [-0.4, -0.2) is 15.1 Å². The van der Waals surface area contributed by atoms with Crippen molar-refractivity contribution in [1.29, 1.82) is 5.26 Å². The van der Waals surface area contributed by atoms with Gasteiger partial charge in [0.1, 0.15) is 11.6 Å². The maximum absolute atomic E-state index is 11.1. The minimum absolute atomic E-state index is 0.0444. The molecule has 1 unspecified atom stereocenters. The van der Waals surface area contributed by atoms with Gasteiger partial charge in [0.2, 0.25) is 11.8 Å². The van der Waals surface area contributed by atoms with Crippen LogP contribution in [0.4, 0.5) is 5.69 Å². The number of nitrogens with one attached hydrogen (secondary N) is 1. The number of non-ortho nitro benzene ring substituents is 1. The summed E-state index contributed by atoms with van der Waals surface area (Å²) in [6, 6.07) is 15.3. The molecular formula is C19H12ClN5O3. The van der Waals surface area contributed by atoms with Gasteiger partial charge in [0.15, 0.2) is 0 Å². The Balaban J connectivity index is 1.95. The molecule has 2 aromatic carbocycles. The number of allylic oxidation sites excluding steroid dienone is 1. The number of nitriles is 1. The first-order valence-electron chi connectivity index (χ1n) is 8.15. The number of nitro groups is 1. The van der Waals surface area contributed by atoms with Crippen LogP contribution >= 0.6 is 11.6 Å². The zero-order valence-corrected chi connectivity index (χ0v) is 15.0. The van der Waals surface area contributed by atoms with E-state index in [1.807, 2.05) is 6.07 Å². The highest BCUT2D eigenvalue weighted by Crippen LogP contribution is 2.46. The molecule has 1 aromatic heterocycles. The smallest absolute Gasteiger partial charge is 0.270 e. The van der Waals surface area contributed by atoms with Gasteiger partial charge in [0.25, 0.3) is 5.69 Å². The molecule has 9 heteroatoms. The quantitative estimate of drug-likeness (QED) is 0.513. The van der Waals surface area contributed by atoms with Crippen molar-refractivity contribution in [3.63, 3.8) is 0 Å². The van der Waals surface area contributed by atoms with E-state index in [0.717, 1.165) is 5.56 Å². The fraction of sp³-hybridized carbons (Fsp3) is 0.0526. The molecule has 3 N–H and O–H groups in total. The van der Waals surface area contributed by atoms with Crippen molar-refractivity contribution in [2.75, 3.05) is 0 Å². The van der Waals surface area contributed by atoms with E-state index in [2.05, 4.69) is 16.3 Å². The Kier molecular flexibility index (Phi) is 4.22. The van der Waals surface area contributed by atoms with Crippen molar-refractivity contribution >= 4 is 17.3 Å². The minimum atomic E-state index is -0.583. The average molecular weight is 394 g/mol. The third kappa shape index (κ3) is 2.84. The van der Waals surface area contributed by atoms with Crippen LogP contribution in [-0.2, 0) is 0 Å². The molecule has 0 aliphatic carbocycles. The van der Waals surface area contributed by atoms with E-state index in [0.29, 0.717) is 21.8 Å². The van der Waals surface area contributed by atoms with Crippen LogP contribution in [0.5, 0.6) is 5.88 Å². The van der Waals surface area contributed by atoms with Crippen molar-refractivity contribution in [1.82, 2.24) is 10.2 Å². The summed E-state index contributed by atoms with van der Waals surface area (Å²) in [6.45, 7) is 0. The van der Waals surface area contributed by atoms with E-state index in [1.54, 1.807) is 30.3 Å². The van der Waals surface area contributed by atoms with Gasteiger partial charge in [0, 0.05) is 22.7 Å². The molecule has 0 amide bonds. The molecule has 1 aliphatic heterocycles. The molecule has 0 spiro atoms. The van der Waals surface area contributed by atoms with Gasteiger partial charge in [-0.25, -0.2) is 0 Å². The molecule has 0 fully saturated rings. The fourth-order valence-corrected chi connectivity index (χ4v) is 3.46. The maximum Gasteiger partial charge on any atom is 0.270 e. The van der Waals surface area contributed by atoms with Crippen molar-refractivity contribution < 1.29 is 9.66 Å². The van der Waals surface area contributed by atoms with Gasteiger partial charge in [-0.05, 0) is 17.7 Å². The fourth-order valence-electron chi connectivity index (χ4n) is 3.26. The zero-order valence-electron chi connectivity index (χ0n) is 14.2. The lowest BCUT2D eigenvalue weighted by atomic mass is 9.83. The molecule has 0 bridgehead atoms. The first-order valence-corrected chi connectivity index (χ1v) is 8.53. The summed E-state index contributed by atoms with van der Waals surface area (Å²) in [5.41, 5.74) is 8.42. The summed E-state index contributed by atoms with van der Waals surface area (Å²) in [7, 11) is 0. The predicted molar refractivity (Wildman–Crippen MR) is 101 cm³/mol. The van der Waals surface area contributed by atoms with E-state index in [4.69, 9.17) is 22.1 Å². The number of benzene rings is 2. The molecule has 2 heterocycles. The van der Waals surface area contributed by atoms with Crippen LogP contribution in [0.25, 0.3) is 11.3 Å². The largest absolute Gasteiger partial charge is 0.420 e. The first-order chi connectivity index (χ1) is 13.5. The van der Waals surface area contributed by atoms with Gasteiger partial charge in [-0.15, -0.1) is 5.10 Å². The number of hydrogen-bond acceptors (Lipinski definition) is 6. The van der Waals surface area contributed by atoms with Crippen LogP contribution in [0.2, 0.25) is 5.02 Å². The highest BCUT2D eigenvalue weighted by molar-refractivity contribution is 6.30. The summed E-state index contributed by atoms with van der Waals surface area (Å²) in [5.74, 6) is -0.416. The Morgan fingerprint density at radius 1 is 1.29 bits per heavy atom. The van der Waals surface area contributed by atoms with Gasteiger partial charge < -0.3 is 10.5 Å². The number of nitrogens with zero attached hydrogens (tertiary/aromatic N) is 3. The summed E-state index contributed by atoms with van der Waals surface area (Å²) in [4.78, 5) is 10.7. The van der Waals surface area contributed by atoms with Crippen LogP contribution < -0.4 is 10.5 Å². The lowest BCUT2D eigenvalue weighted by molar-refractivity contribution is -0.384. The molecule has 0 radical (unpaired) electrons. The molecule has 1 atom stereocenters. The molecule has 138 valence electrons. The lowest BCUT2D eigenvalue weighted by Gasteiger charge is -2.24. The van der Waals surface area contributed by atoms with Crippen LogP contribution in [0.15, 0.2) is 60.0 Å². The van der Waals surface area contributed by atoms with E-state index in [-0.39, 0.29) is 23.0 Å². The van der Waals surface area contributed by atoms with E-state index >= 15 is 0 Å². The van der Waals surface area contributed by atoms with Gasteiger partial charge in [0.05, 0.1) is 22.1 Å². The number of nitro benzene ring substituents is 1. The highest BCUT2D eigenvalue weighted by atomic mass is 35.5. The zero-order chi connectivity index (χ0) is 19.8. The van der Waals surface area contributed by atoms with Gasteiger partial charge in [-0.3, -0.25) is 15.2 Å². The summed E-state index contributed by atoms with van der Waals surface area (Å²) >= 11 is 6.14. The van der Waals surface area contributed by atoms with Crippen molar-refractivity contribution in [3.8, 4) is 23.2 Å². The van der Waals surface area contributed by atoms with Gasteiger partial charge in [-0.2, -0.15) is 5.26 Å². The Hall–Kier alpha value is -3.83. The second kappa shape index (κ2) is 6.72. The Morgan fingerprint density at radius 3 is 2.79 bits per heavy atom. The number of nitrogens with two attached hydrogens (primary N) is 1. The Morgan fingerprint density at radius 2 is 2.07 bits per heavy atom. The summed E-state index contributed by atoms with van der Waals surface area (Å²) < 4.78 is 5.52. The van der Waals surface area contributed by atoms with E-state index in [1.165, 1.54) is 12.1 Å². The number of ether oxygens (including phenoxy) is 1. The molecule has 28 heavy (non-hydrogen) atoms. The first kappa shape index (κ1) is 17.6.